The van der Waals surface area contributed by atoms with Crippen molar-refractivity contribution in [1.29, 1.82) is 0 Å². The van der Waals surface area contributed by atoms with Crippen molar-refractivity contribution >= 4 is 31.6 Å². The lowest BCUT2D eigenvalue weighted by molar-refractivity contribution is 0.478. The standard InChI is InChI=1S/C20H28N2O6S2/c21-17-7-9-19(15(13-17)5-1-3-11-29(23,24)25)20-10-8-18(22)14-16(20)6-2-4-12-30(26,27)28/h7-10,13-14H,1-6,11-12,21-22H2,(H,23,24,25)(H,26,27,28). The first-order chi connectivity index (χ1) is 13.9. The molecule has 0 unspecified atom stereocenters. The molecular weight excluding hydrogens is 428 g/mol. The number of benzene rings is 2. The van der Waals surface area contributed by atoms with Crippen LogP contribution in [0.15, 0.2) is 36.4 Å². The summed E-state index contributed by atoms with van der Waals surface area (Å²) in [7, 11) is -7.97. The molecule has 2 aromatic carbocycles. The summed E-state index contributed by atoms with van der Waals surface area (Å²) in [6.07, 6.45) is 2.96. The van der Waals surface area contributed by atoms with Gasteiger partial charge in [-0.2, -0.15) is 16.8 Å². The largest absolute Gasteiger partial charge is 0.399 e. The Balaban J connectivity index is 2.23. The van der Waals surface area contributed by atoms with Crippen LogP contribution in [0.2, 0.25) is 0 Å². The molecule has 0 bridgehead atoms. The molecule has 0 fully saturated rings. The van der Waals surface area contributed by atoms with Crippen molar-refractivity contribution in [2.75, 3.05) is 23.0 Å². The van der Waals surface area contributed by atoms with E-state index in [1.807, 2.05) is 24.3 Å². The van der Waals surface area contributed by atoms with Gasteiger partial charge in [0.25, 0.3) is 20.2 Å². The van der Waals surface area contributed by atoms with Crippen LogP contribution in [0.3, 0.4) is 0 Å². The van der Waals surface area contributed by atoms with Crippen molar-refractivity contribution < 1.29 is 25.9 Å². The van der Waals surface area contributed by atoms with Gasteiger partial charge < -0.3 is 11.5 Å². The molecular formula is C20H28N2O6S2. The molecule has 0 radical (unpaired) electrons. The highest BCUT2D eigenvalue weighted by Crippen LogP contribution is 2.32. The van der Waals surface area contributed by atoms with E-state index in [9.17, 15) is 16.8 Å². The van der Waals surface area contributed by atoms with E-state index in [0.717, 1.165) is 22.3 Å². The molecule has 0 aromatic heterocycles. The number of anilines is 2. The molecule has 166 valence electrons. The molecule has 10 heteroatoms. The third kappa shape index (κ3) is 8.31. The van der Waals surface area contributed by atoms with Gasteiger partial charge in [0.1, 0.15) is 0 Å². The van der Waals surface area contributed by atoms with Gasteiger partial charge >= 0.3 is 0 Å². The van der Waals surface area contributed by atoms with E-state index >= 15 is 0 Å². The molecule has 0 saturated heterocycles. The Kier molecular flexibility index (Phi) is 8.25. The molecule has 0 spiro atoms. The number of aryl methyl sites for hydroxylation is 2. The van der Waals surface area contributed by atoms with Crippen molar-refractivity contribution in [2.24, 2.45) is 0 Å². The lowest BCUT2D eigenvalue weighted by atomic mass is 9.90. The molecule has 0 saturated carbocycles. The molecule has 2 rings (SSSR count). The van der Waals surface area contributed by atoms with Gasteiger partial charge in [0.2, 0.25) is 0 Å². The van der Waals surface area contributed by atoms with E-state index in [4.69, 9.17) is 20.6 Å². The summed E-state index contributed by atoms with van der Waals surface area (Å²) in [5.41, 5.74) is 16.9. The second-order valence-electron chi connectivity index (χ2n) is 7.32. The van der Waals surface area contributed by atoms with Crippen molar-refractivity contribution in [1.82, 2.24) is 0 Å². The van der Waals surface area contributed by atoms with Gasteiger partial charge in [-0.3, -0.25) is 9.11 Å². The minimum Gasteiger partial charge on any atom is -0.399 e. The van der Waals surface area contributed by atoms with Crippen molar-refractivity contribution in [3.8, 4) is 11.1 Å². The Morgan fingerprint density at radius 3 is 1.33 bits per heavy atom. The molecule has 0 aliphatic heterocycles. The summed E-state index contributed by atoms with van der Waals surface area (Å²) >= 11 is 0. The van der Waals surface area contributed by atoms with Gasteiger partial charge in [0.05, 0.1) is 11.5 Å². The first kappa shape index (κ1) is 24.1. The van der Waals surface area contributed by atoms with E-state index < -0.39 is 20.2 Å². The molecule has 0 atom stereocenters. The first-order valence-electron chi connectivity index (χ1n) is 9.62. The van der Waals surface area contributed by atoms with E-state index in [1.165, 1.54) is 0 Å². The average Bonchev–Trinajstić information content (AvgIpc) is 2.62. The van der Waals surface area contributed by atoms with E-state index in [1.54, 1.807) is 12.1 Å². The Hall–Kier alpha value is -2.14. The fourth-order valence-corrected chi connectivity index (χ4v) is 4.50. The van der Waals surface area contributed by atoms with E-state index in [-0.39, 0.29) is 11.5 Å². The molecule has 0 aliphatic rings. The lowest BCUT2D eigenvalue weighted by Gasteiger charge is -2.16. The number of rotatable bonds is 11. The van der Waals surface area contributed by atoms with Crippen LogP contribution in [-0.4, -0.2) is 37.4 Å². The van der Waals surface area contributed by atoms with Crippen LogP contribution in [-0.2, 0) is 33.1 Å². The van der Waals surface area contributed by atoms with Crippen LogP contribution in [0.5, 0.6) is 0 Å². The topological polar surface area (TPSA) is 161 Å². The van der Waals surface area contributed by atoms with Crippen molar-refractivity contribution in [2.45, 2.75) is 38.5 Å². The maximum atomic E-state index is 10.9. The molecule has 0 heterocycles. The zero-order valence-corrected chi connectivity index (χ0v) is 18.3. The van der Waals surface area contributed by atoms with Gasteiger partial charge in [-0.05, 0) is 85.0 Å². The third-order valence-electron chi connectivity index (χ3n) is 4.75. The Morgan fingerprint density at radius 1 is 0.633 bits per heavy atom. The summed E-state index contributed by atoms with van der Waals surface area (Å²) in [5, 5.41) is 0. The molecule has 2 aromatic rings. The van der Waals surface area contributed by atoms with Crippen LogP contribution in [0.25, 0.3) is 11.1 Å². The third-order valence-corrected chi connectivity index (χ3v) is 6.35. The smallest absolute Gasteiger partial charge is 0.264 e. The van der Waals surface area contributed by atoms with E-state index in [2.05, 4.69) is 0 Å². The summed E-state index contributed by atoms with van der Waals surface area (Å²) in [4.78, 5) is 0. The molecule has 8 nitrogen and oxygen atoms in total. The number of hydrogen-bond donors (Lipinski definition) is 4. The van der Waals surface area contributed by atoms with Gasteiger partial charge in [0, 0.05) is 11.4 Å². The summed E-state index contributed by atoms with van der Waals surface area (Å²) in [6, 6.07) is 11.1. The van der Waals surface area contributed by atoms with Crippen LogP contribution in [0.4, 0.5) is 11.4 Å². The molecule has 0 amide bonds. The summed E-state index contributed by atoms with van der Waals surface area (Å²) < 4.78 is 61.5. The normalized spacial score (nSPS) is 12.2. The predicted octanol–water partition coefficient (Wildman–Crippen LogP) is 2.94. The fourth-order valence-electron chi connectivity index (χ4n) is 3.37. The Morgan fingerprint density at radius 2 is 1.00 bits per heavy atom. The van der Waals surface area contributed by atoms with Crippen LogP contribution >= 0.6 is 0 Å². The number of hydrogen-bond acceptors (Lipinski definition) is 6. The first-order valence-corrected chi connectivity index (χ1v) is 12.8. The SMILES string of the molecule is Nc1ccc(-c2ccc(N)cc2CCCCS(=O)(=O)O)c(CCCCS(=O)(=O)O)c1. The van der Waals surface area contributed by atoms with Crippen molar-refractivity contribution in [3.63, 3.8) is 0 Å². The molecule has 6 N–H and O–H groups in total. The highest BCUT2D eigenvalue weighted by atomic mass is 32.2. The minimum absolute atomic E-state index is 0.286. The summed E-state index contributed by atoms with van der Waals surface area (Å²) in [5.74, 6) is -0.572. The highest BCUT2D eigenvalue weighted by molar-refractivity contribution is 7.86. The van der Waals surface area contributed by atoms with Crippen molar-refractivity contribution in [3.05, 3.63) is 47.5 Å². The maximum Gasteiger partial charge on any atom is 0.264 e. The molecule has 30 heavy (non-hydrogen) atoms. The minimum atomic E-state index is -3.98. The Bertz CT molecular complexity index is 995. The van der Waals surface area contributed by atoms with Gasteiger partial charge in [0.15, 0.2) is 0 Å². The number of nitrogen functional groups attached to an aromatic ring is 2. The van der Waals surface area contributed by atoms with E-state index in [0.29, 0.717) is 49.9 Å². The predicted molar refractivity (Wildman–Crippen MR) is 119 cm³/mol. The van der Waals surface area contributed by atoms with Gasteiger partial charge in [-0.15, -0.1) is 0 Å². The average molecular weight is 457 g/mol. The summed E-state index contributed by atoms with van der Waals surface area (Å²) in [6.45, 7) is 0. The second kappa shape index (κ2) is 10.3. The number of unbranched alkanes of at least 4 members (excludes halogenated alkanes) is 2. The van der Waals surface area contributed by atoms with Crippen LogP contribution < -0.4 is 11.5 Å². The lowest BCUT2D eigenvalue weighted by Crippen LogP contribution is -2.05. The van der Waals surface area contributed by atoms with Gasteiger partial charge in [-0.1, -0.05) is 12.1 Å². The van der Waals surface area contributed by atoms with Crippen LogP contribution in [0, 0.1) is 0 Å². The maximum absolute atomic E-state index is 10.9. The Labute approximate surface area is 177 Å². The fraction of sp³-hybridized carbons (Fsp3) is 0.400. The van der Waals surface area contributed by atoms with Crippen LogP contribution in [0.1, 0.15) is 36.8 Å². The zero-order chi connectivity index (χ0) is 22.4. The highest BCUT2D eigenvalue weighted by Gasteiger charge is 2.13. The zero-order valence-electron chi connectivity index (χ0n) is 16.6. The monoisotopic (exact) mass is 456 g/mol. The van der Waals surface area contributed by atoms with Gasteiger partial charge in [-0.25, -0.2) is 0 Å². The molecule has 0 aliphatic carbocycles. The quantitative estimate of drug-likeness (QED) is 0.228. The second-order valence-corrected chi connectivity index (χ2v) is 10.5. The number of nitrogens with two attached hydrogens (primary N) is 2.